The third-order valence-electron chi connectivity index (χ3n) is 3.67. The second-order valence-corrected chi connectivity index (χ2v) is 5.37. The van der Waals surface area contributed by atoms with E-state index in [0.29, 0.717) is 0 Å². The van der Waals surface area contributed by atoms with Gasteiger partial charge in [0.05, 0.1) is 5.56 Å². The van der Waals surface area contributed by atoms with E-state index in [9.17, 15) is 27.9 Å². The number of benzene rings is 1. The Kier molecular flexibility index (Phi) is 4.93. The molecule has 2 rings (SSSR count). The van der Waals surface area contributed by atoms with E-state index in [0.717, 1.165) is 12.1 Å². The molecule has 0 spiro atoms. The van der Waals surface area contributed by atoms with E-state index >= 15 is 0 Å². The van der Waals surface area contributed by atoms with Crippen molar-refractivity contribution in [2.75, 3.05) is 26.2 Å². The van der Waals surface area contributed by atoms with Crippen LogP contribution >= 0.6 is 0 Å². The van der Waals surface area contributed by atoms with Gasteiger partial charge >= 0.3 is 6.18 Å². The number of carbonyl (C=O) groups excluding carboxylic acids is 2. The van der Waals surface area contributed by atoms with Crippen molar-refractivity contribution in [1.29, 1.82) is 0 Å². The van der Waals surface area contributed by atoms with Crippen LogP contribution in [0.2, 0.25) is 0 Å². The van der Waals surface area contributed by atoms with Crippen molar-refractivity contribution in [3.05, 3.63) is 35.4 Å². The monoisotopic (exact) mass is 330 g/mol. The summed E-state index contributed by atoms with van der Waals surface area (Å²) in [5, 5.41) is 9.25. The molecule has 8 heteroatoms. The van der Waals surface area contributed by atoms with Gasteiger partial charge in [0, 0.05) is 31.7 Å². The van der Waals surface area contributed by atoms with E-state index in [1.165, 1.54) is 28.9 Å². The first-order valence-electron chi connectivity index (χ1n) is 7.13. The molecular weight excluding hydrogens is 313 g/mol. The van der Waals surface area contributed by atoms with Crippen molar-refractivity contribution >= 4 is 11.8 Å². The fraction of sp³-hybridized carbons (Fsp3) is 0.467. The molecule has 1 aromatic carbocycles. The van der Waals surface area contributed by atoms with Crippen LogP contribution in [-0.2, 0) is 11.0 Å². The Bertz CT molecular complexity index is 594. The quantitative estimate of drug-likeness (QED) is 0.891. The SMILES string of the molecule is CC(O)C(=O)N1CCN(C(=O)c2cccc(C(F)(F)F)c2)CC1. The molecule has 0 bridgehead atoms. The molecule has 23 heavy (non-hydrogen) atoms. The number of hydrogen-bond acceptors (Lipinski definition) is 3. The Balaban J connectivity index is 2.04. The molecule has 0 radical (unpaired) electrons. The van der Waals surface area contributed by atoms with Crippen LogP contribution in [0.1, 0.15) is 22.8 Å². The summed E-state index contributed by atoms with van der Waals surface area (Å²) in [6.45, 7) is 2.28. The summed E-state index contributed by atoms with van der Waals surface area (Å²) in [5.74, 6) is -0.920. The molecule has 1 aliphatic rings. The van der Waals surface area contributed by atoms with Crippen molar-refractivity contribution in [3.8, 4) is 0 Å². The molecule has 1 heterocycles. The molecule has 2 amide bonds. The molecule has 126 valence electrons. The van der Waals surface area contributed by atoms with Crippen molar-refractivity contribution < 1.29 is 27.9 Å². The Morgan fingerprint density at radius 1 is 1.13 bits per heavy atom. The van der Waals surface area contributed by atoms with Gasteiger partial charge in [0.2, 0.25) is 0 Å². The van der Waals surface area contributed by atoms with Gasteiger partial charge in [0.15, 0.2) is 0 Å². The Morgan fingerprint density at radius 2 is 1.70 bits per heavy atom. The highest BCUT2D eigenvalue weighted by atomic mass is 19.4. The van der Waals surface area contributed by atoms with Crippen LogP contribution in [0.4, 0.5) is 13.2 Å². The number of nitrogens with zero attached hydrogens (tertiary/aromatic N) is 2. The highest BCUT2D eigenvalue weighted by Gasteiger charge is 2.32. The van der Waals surface area contributed by atoms with Gasteiger partial charge in [-0.25, -0.2) is 0 Å². The summed E-state index contributed by atoms with van der Waals surface area (Å²) in [7, 11) is 0. The first-order chi connectivity index (χ1) is 10.7. The minimum Gasteiger partial charge on any atom is -0.384 e. The maximum absolute atomic E-state index is 12.7. The number of aliphatic hydroxyl groups excluding tert-OH is 1. The summed E-state index contributed by atoms with van der Waals surface area (Å²) >= 11 is 0. The summed E-state index contributed by atoms with van der Waals surface area (Å²) in [4.78, 5) is 26.8. The molecule has 0 aliphatic carbocycles. The van der Waals surface area contributed by atoms with E-state index in [-0.39, 0.29) is 31.7 Å². The smallest absolute Gasteiger partial charge is 0.384 e. The van der Waals surface area contributed by atoms with E-state index in [2.05, 4.69) is 0 Å². The summed E-state index contributed by atoms with van der Waals surface area (Å²) in [6.07, 6.45) is -5.61. The van der Waals surface area contributed by atoms with Gasteiger partial charge < -0.3 is 14.9 Å². The standard InChI is InChI=1S/C15H17F3N2O3/c1-10(21)13(22)19-5-7-20(8-6-19)14(23)11-3-2-4-12(9-11)15(16,17)18/h2-4,9-10,21H,5-8H2,1H3. The summed E-state index contributed by atoms with van der Waals surface area (Å²) in [6, 6.07) is 4.28. The number of hydrogen-bond donors (Lipinski definition) is 1. The van der Waals surface area contributed by atoms with Crippen LogP contribution in [0.25, 0.3) is 0 Å². The van der Waals surface area contributed by atoms with E-state index < -0.39 is 29.7 Å². The fourth-order valence-corrected chi connectivity index (χ4v) is 2.41. The molecule has 5 nitrogen and oxygen atoms in total. The number of amides is 2. The van der Waals surface area contributed by atoms with Gasteiger partial charge in [0.1, 0.15) is 6.10 Å². The van der Waals surface area contributed by atoms with Gasteiger partial charge in [0.25, 0.3) is 11.8 Å². The number of carbonyl (C=O) groups is 2. The topological polar surface area (TPSA) is 60.9 Å². The second-order valence-electron chi connectivity index (χ2n) is 5.37. The highest BCUT2D eigenvalue weighted by Crippen LogP contribution is 2.29. The minimum atomic E-state index is -4.50. The maximum Gasteiger partial charge on any atom is 0.416 e. The predicted octanol–water partition coefficient (Wildman–Crippen LogP) is 1.37. The number of halogens is 3. The first kappa shape index (κ1) is 17.3. The maximum atomic E-state index is 12.7. The van der Waals surface area contributed by atoms with E-state index in [1.807, 2.05) is 0 Å². The third-order valence-corrected chi connectivity index (χ3v) is 3.67. The number of rotatable bonds is 2. The van der Waals surface area contributed by atoms with Crippen molar-refractivity contribution in [2.24, 2.45) is 0 Å². The first-order valence-corrected chi connectivity index (χ1v) is 7.13. The largest absolute Gasteiger partial charge is 0.416 e. The molecular formula is C15H17F3N2O3. The molecule has 1 fully saturated rings. The zero-order valence-electron chi connectivity index (χ0n) is 12.5. The van der Waals surface area contributed by atoms with Crippen LogP contribution in [0.15, 0.2) is 24.3 Å². The molecule has 0 aromatic heterocycles. The summed E-state index contributed by atoms with van der Waals surface area (Å²) < 4.78 is 38.1. The van der Waals surface area contributed by atoms with Crippen molar-refractivity contribution in [3.63, 3.8) is 0 Å². The Morgan fingerprint density at radius 3 is 2.22 bits per heavy atom. The van der Waals surface area contributed by atoms with E-state index in [4.69, 9.17) is 0 Å². The lowest BCUT2D eigenvalue weighted by Crippen LogP contribution is -2.52. The highest BCUT2D eigenvalue weighted by molar-refractivity contribution is 5.94. The third kappa shape index (κ3) is 4.01. The molecule has 1 aliphatic heterocycles. The number of piperazine rings is 1. The lowest BCUT2D eigenvalue weighted by molar-refractivity contribution is -0.140. The molecule has 0 saturated carbocycles. The van der Waals surface area contributed by atoms with E-state index in [1.54, 1.807) is 0 Å². The van der Waals surface area contributed by atoms with Crippen LogP contribution < -0.4 is 0 Å². The average molecular weight is 330 g/mol. The predicted molar refractivity (Wildman–Crippen MR) is 75.6 cm³/mol. The zero-order chi connectivity index (χ0) is 17.2. The number of aliphatic hydroxyl groups is 1. The lowest BCUT2D eigenvalue weighted by Gasteiger charge is -2.35. The van der Waals surface area contributed by atoms with Crippen LogP contribution in [0.3, 0.4) is 0 Å². The molecule has 1 saturated heterocycles. The molecule has 1 unspecified atom stereocenters. The lowest BCUT2D eigenvalue weighted by atomic mass is 10.1. The van der Waals surface area contributed by atoms with Gasteiger partial charge in [-0.2, -0.15) is 13.2 Å². The van der Waals surface area contributed by atoms with Crippen LogP contribution in [-0.4, -0.2) is 59.0 Å². The second kappa shape index (κ2) is 6.57. The molecule has 1 aromatic rings. The molecule has 1 atom stereocenters. The Hall–Kier alpha value is -2.09. The number of alkyl halides is 3. The van der Waals surface area contributed by atoms with Gasteiger partial charge in [-0.1, -0.05) is 6.07 Å². The fourth-order valence-electron chi connectivity index (χ4n) is 2.41. The Labute approximate surface area is 131 Å². The van der Waals surface area contributed by atoms with Crippen LogP contribution in [0, 0.1) is 0 Å². The van der Waals surface area contributed by atoms with Gasteiger partial charge in [-0.3, -0.25) is 9.59 Å². The van der Waals surface area contributed by atoms with Crippen molar-refractivity contribution in [1.82, 2.24) is 9.80 Å². The summed E-state index contributed by atoms with van der Waals surface area (Å²) in [5.41, 5.74) is -0.901. The average Bonchev–Trinajstić information content (AvgIpc) is 2.53. The minimum absolute atomic E-state index is 0.0323. The van der Waals surface area contributed by atoms with Crippen LogP contribution in [0.5, 0.6) is 0 Å². The molecule has 1 N–H and O–H groups in total. The van der Waals surface area contributed by atoms with Gasteiger partial charge in [-0.05, 0) is 25.1 Å². The zero-order valence-corrected chi connectivity index (χ0v) is 12.5. The van der Waals surface area contributed by atoms with Gasteiger partial charge in [-0.15, -0.1) is 0 Å². The normalized spacial score (nSPS) is 17.1. The van der Waals surface area contributed by atoms with Crippen molar-refractivity contribution in [2.45, 2.75) is 19.2 Å².